The van der Waals surface area contributed by atoms with Crippen molar-refractivity contribution in [3.8, 4) is 5.69 Å². The van der Waals surface area contributed by atoms with Crippen LogP contribution in [0.1, 0.15) is 38.4 Å². The van der Waals surface area contributed by atoms with Crippen molar-refractivity contribution in [1.82, 2.24) is 19.6 Å². The maximum atomic E-state index is 14.2. The highest BCUT2D eigenvalue weighted by Gasteiger charge is 2.29. The number of halogens is 2. The molecule has 1 fully saturated rings. The number of aromatic nitrogens is 2. The van der Waals surface area contributed by atoms with Crippen LogP contribution in [0.3, 0.4) is 0 Å². The standard InChI is InChI=1S/C28H36ClFN6O/c1-5-20(3)35(28(37)31-24-11-7-9-22(29)17-24)19-26-21(4)32-36(25-12-8-10-23(30)18-25)27(26)34-15-13-33(6-2)14-16-34/h7-12,17-18,20H,5-6,13-16,19H2,1-4H3,(H,31,37)/t20-/m1/s1. The number of nitrogens with one attached hydrogen (secondary N) is 1. The molecule has 198 valence electrons. The SMILES string of the molecule is CC[C@@H](C)N(Cc1c(C)nn(-c2cccc(F)c2)c1N1CCN(CC)CC1)C(=O)Nc1cccc(Cl)c1. The number of anilines is 2. The van der Waals surface area contributed by atoms with Gasteiger partial charge in [0.05, 0.1) is 17.9 Å². The lowest BCUT2D eigenvalue weighted by Crippen LogP contribution is -2.47. The first-order valence-electron chi connectivity index (χ1n) is 13.0. The zero-order chi connectivity index (χ0) is 26.5. The highest BCUT2D eigenvalue weighted by Crippen LogP contribution is 2.31. The summed E-state index contributed by atoms with van der Waals surface area (Å²) in [6, 6.07) is 13.4. The smallest absolute Gasteiger partial charge is 0.322 e. The fourth-order valence-corrected chi connectivity index (χ4v) is 4.89. The Bertz CT molecular complexity index is 1220. The molecule has 9 heteroatoms. The summed E-state index contributed by atoms with van der Waals surface area (Å²) in [5.74, 6) is 0.610. The highest BCUT2D eigenvalue weighted by atomic mass is 35.5. The van der Waals surface area contributed by atoms with E-state index in [-0.39, 0.29) is 17.9 Å². The molecular weight excluding hydrogens is 491 g/mol. The van der Waals surface area contributed by atoms with Crippen LogP contribution in [0.5, 0.6) is 0 Å². The predicted octanol–water partition coefficient (Wildman–Crippen LogP) is 5.95. The molecule has 0 aliphatic carbocycles. The number of nitrogens with zero attached hydrogens (tertiary/aromatic N) is 5. The molecule has 0 unspecified atom stereocenters. The first kappa shape index (κ1) is 26.9. The quantitative estimate of drug-likeness (QED) is 0.394. The molecule has 37 heavy (non-hydrogen) atoms. The molecule has 1 saturated heterocycles. The van der Waals surface area contributed by atoms with Crippen molar-refractivity contribution in [2.75, 3.05) is 42.9 Å². The van der Waals surface area contributed by atoms with Crippen LogP contribution in [-0.4, -0.2) is 64.4 Å². The van der Waals surface area contributed by atoms with Crippen molar-refractivity contribution >= 4 is 29.1 Å². The summed E-state index contributed by atoms with van der Waals surface area (Å²) >= 11 is 6.14. The molecule has 2 amide bonds. The Morgan fingerprint density at radius 3 is 2.51 bits per heavy atom. The number of urea groups is 1. The van der Waals surface area contributed by atoms with Gasteiger partial charge in [-0.15, -0.1) is 0 Å². The van der Waals surface area contributed by atoms with Gasteiger partial charge in [0.15, 0.2) is 0 Å². The van der Waals surface area contributed by atoms with Gasteiger partial charge in [0.1, 0.15) is 11.6 Å². The number of piperazine rings is 1. The summed E-state index contributed by atoms with van der Waals surface area (Å²) in [5, 5.41) is 8.41. The summed E-state index contributed by atoms with van der Waals surface area (Å²) < 4.78 is 16.0. The molecule has 0 radical (unpaired) electrons. The number of carbonyl (C=O) groups is 1. The van der Waals surface area contributed by atoms with Crippen LogP contribution in [0.2, 0.25) is 5.02 Å². The molecule has 3 aromatic rings. The van der Waals surface area contributed by atoms with Gasteiger partial charge in [-0.2, -0.15) is 5.10 Å². The number of hydrogen-bond donors (Lipinski definition) is 1. The van der Waals surface area contributed by atoms with E-state index in [4.69, 9.17) is 16.7 Å². The molecule has 1 atom stereocenters. The average molecular weight is 527 g/mol. The topological polar surface area (TPSA) is 56.6 Å². The second kappa shape index (κ2) is 12.0. The lowest BCUT2D eigenvalue weighted by atomic mass is 10.1. The van der Waals surface area contributed by atoms with E-state index in [0.29, 0.717) is 22.9 Å². The van der Waals surface area contributed by atoms with Gasteiger partial charge in [0.25, 0.3) is 0 Å². The summed E-state index contributed by atoms with van der Waals surface area (Å²) in [7, 11) is 0. The van der Waals surface area contributed by atoms with E-state index in [1.165, 1.54) is 12.1 Å². The van der Waals surface area contributed by atoms with Gasteiger partial charge in [-0.1, -0.05) is 37.6 Å². The molecule has 1 aromatic heterocycles. The summed E-state index contributed by atoms with van der Waals surface area (Å²) in [6.07, 6.45) is 0.796. The Kier molecular flexibility index (Phi) is 8.71. The van der Waals surface area contributed by atoms with Crippen LogP contribution in [0.25, 0.3) is 5.69 Å². The molecule has 1 aliphatic heterocycles. The summed E-state index contributed by atoms with van der Waals surface area (Å²) in [5.41, 5.74) is 3.10. The van der Waals surface area contributed by atoms with Gasteiger partial charge in [-0.05, 0) is 63.2 Å². The fraction of sp³-hybridized carbons (Fsp3) is 0.429. The number of carbonyl (C=O) groups excluding carboxylic acids is 1. The molecule has 0 bridgehead atoms. The number of aryl methyl sites for hydroxylation is 1. The van der Waals surface area contributed by atoms with E-state index in [2.05, 4.69) is 29.0 Å². The fourth-order valence-electron chi connectivity index (χ4n) is 4.70. The van der Waals surface area contributed by atoms with Crippen LogP contribution < -0.4 is 10.2 Å². The largest absolute Gasteiger partial charge is 0.354 e. The van der Waals surface area contributed by atoms with E-state index in [1.807, 2.05) is 41.6 Å². The second-order valence-corrected chi connectivity index (χ2v) is 9.96. The number of rotatable bonds is 8. The third-order valence-corrected chi connectivity index (χ3v) is 7.35. The monoisotopic (exact) mass is 526 g/mol. The predicted molar refractivity (Wildman–Crippen MR) is 148 cm³/mol. The first-order chi connectivity index (χ1) is 17.8. The van der Waals surface area contributed by atoms with Crippen LogP contribution >= 0.6 is 11.6 Å². The van der Waals surface area contributed by atoms with E-state index < -0.39 is 0 Å². The Morgan fingerprint density at radius 1 is 1.14 bits per heavy atom. The number of benzene rings is 2. The first-order valence-corrected chi connectivity index (χ1v) is 13.3. The minimum absolute atomic E-state index is 0.0131. The minimum atomic E-state index is -0.309. The third-order valence-electron chi connectivity index (χ3n) is 7.12. The van der Waals surface area contributed by atoms with E-state index in [0.717, 1.165) is 56.2 Å². The summed E-state index contributed by atoms with van der Waals surface area (Å²) in [4.78, 5) is 20.1. The van der Waals surface area contributed by atoms with Crippen molar-refractivity contribution in [3.05, 3.63) is 70.6 Å². The maximum Gasteiger partial charge on any atom is 0.322 e. The van der Waals surface area contributed by atoms with Gasteiger partial charge in [-0.25, -0.2) is 13.9 Å². The Morgan fingerprint density at radius 2 is 1.86 bits per heavy atom. The molecular formula is C28H36ClFN6O. The Labute approximate surface area is 223 Å². The molecule has 7 nitrogen and oxygen atoms in total. The zero-order valence-electron chi connectivity index (χ0n) is 22.0. The van der Waals surface area contributed by atoms with Crippen molar-refractivity contribution in [3.63, 3.8) is 0 Å². The van der Waals surface area contributed by atoms with E-state index in [9.17, 15) is 9.18 Å². The summed E-state index contributed by atoms with van der Waals surface area (Å²) in [6.45, 7) is 13.2. The van der Waals surface area contributed by atoms with Gasteiger partial charge < -0.3 is 20.0 Å². The third kappa shape index (κ3) is 6.25. The molecule has 1 N–H and O–H groups in total. The average Bonchev–Trinajstić information content (AvgIpc) is 3.22. The number of likely N-dealkylation sites (N-methyl/N-ethyl adjacent to an activating group) is 1. The minimum Gasteiger partial charge on any atom is -0.354 e. The van der Waals surface area contributed by atoms with Gasteiger partial charge in [0.2, 0.25) is 0 Å². The van der Waals surface area contributed by atoms with Crippen molar-refractivity contribution in [1.29, 1.82) is 0 Å². The van der Waals surface area contributed by atoms with Crippen LogP contribution in [0.4, 0.5) is 20.7 Å². The molecule has 0 saturated carbocycles. The molecule has 4 rings (SSSR count). The van der Waals surface area contributed by atoms with Crippen LogP contribution in [0, 0.1) is 12.7 Å². The Hall–Kier alpha value is -3.10. The number of amides is 2. The normalized spacial score (nSPS) is 15.0. The Balaban J connectivity index is 1.72. The molecule has 2 heterocycles. The van der Waals surface area contributed by atoms with Crippen LogP contribution in [0.15, 0.2) is 48.5 Å². The number of hydrogen-bond acceptors (Lipinski definition) is 4. The van der Waals surface area contributed by atoms with Crippen LogP contribution in [-0.2, 0) is 6.54 Å². The molecule has 2 aromatic carbocycles. The lowest BCUT2D eigenvalue weighted by molar-refractivity contribution is 0.187. The maximum absolute atomic E-state index is 14.2. The van der Waals surface area contributed by atoms with Crippen molar-refractivity contribution in [2.45, 2.75) is 46.7 Å². The van der Waals surface area contributed by atoms with Crippen molar-refractivity contribution < 1.29 is 9.18 Å². The van der Waals surface area contributed by atoms with E-state index in [1.54, 1.807) is 18.2 Å². The lowest BCUT2D eigenvalue weighted by Gasteiger charge is -2.37. The molecule has 1 aliphatic rings. The second-order valence-electron chi connectivity index (χ2n) is 9.53. The van der Waals surface area contributed by atoms with Gasteiger partial charge in [-0.3, -0.25) is 0 Å². The molecule has 0 spiro atoms. The van der Waals surface area contributed by atoms with Gasteiger partial charge in [0, 0.05) is 48.5 Å². The van der Waals surface area contributed by atoms with Crippen molar-refractivity contribution in [2.24, 2.45) is 0 Å². The zero-order valence-corrected chi connectivity index (χ0v) is 22.8. The highest BCUT2D eigenvalue weighted by molar-refractivity contribution is 6.30. The van der Waals surface area contributed by atoms with E-state index >= 15 is 0 Å². The van der Waals surface area contributed by atoms with Gasteiger partial charge >= 0.3 is 6.03 Å².